The van der Waals surface area contributed by atoms with Crippen LogP contribution < -0.4 is 10.6 Å². The summed E-state index contributed by atoms with van der Waals surface area (Å²) in [5.41, 5.74) is 2.00. The van der Waals surface area contributed by atoms with Gasteiger partial charge in [-0.3, -0.25) is 9.59 Å². The van der Waals surface area contributed by atoms with Gasteiger partial charge in [-0.05, 0) is 42.8 Å². The number of nitrogens with zero attached hydrogens (tertiary/aromatic N) is 2. The molecule has 0 saturated carbocycles. The van der Waals surface area contributed by atoms with Crippen molar-refractivity contribution >= 4 is 23.2 Å². The van der Waals surface area contributed by atoms with E-state index in [4.69, 9.17) is 5.26 Å². The van der Waals surface area contributed by atoms with E-state index in [9.17, 15) is 9.59 Å². The number of carbonyl (C=O) groups excluding carboxylic acids is 2. The molecule has 2 aromatic rings. The van der Waals surface area contributed by atoms with Crippen molar-refractivity contribution < 1.29 is 9.59 Å². The molecule has 1 fully saturated rings. The lowest BCUT2D eigenvalue weighted by atomic mass is 10.2. The second-order valence-electron chi connectivity index (χ2n) is 5.89. The maximum Gasteiger partial charge on any atom is 0.313 e. The Morgan fingerprint density at radius 2 is 1.76 bits per heavy atom. The van der Waals surface area contributed by atoms with Gasteiger partial charge < -0.3 is 15.5 Å². The quantitative estimate of drug-likeness (QED) is 0.843. The lowest BCUT2D eigenvalue weighted by Crippen LogP contribution is -2.39. The highest BCUT2D eigenvalue weighted by molar-refractivity contribution is 6.39. The van der Waals surface area contributed by atoms with Crippen molar-refractivity contribution in [2.75, 3.05) is 23.7 Å². The van der Waals surface area contributed by atoms with Crippen molar-refractivity contribution in [3.8, 4) is 6.07 Å². The molecule has 6 heteroatoms. The molecular weight excluding hydrogens is 316 g/mol. The van der Waals surface area contributed by atoms with E-state index >= 15 is 0 Å². The number of hydrogen-bond donors (Lipinski definition) is 2. The van der Waals surface area contributed by atoms with Gasteiger partial charge in [-0.25, -0.2) is 0 Å². The summed E-state index contributed by atoms with van der Waals surface area (Å²) >= 11 is 0. The molecule has 1 aliphatic rings. The predicted molar refractivity (Wildman–Crippen MR) is 94.8 cm³/mol. The summed E-state index contributed by atoms with van der Waals surface area (Å²) < 4.78 is 0. The van der Waals surface area contributed by atoms with Crippen LogP contribution in [0, 0.1) is 11.3 Å². The topological polar surface area (TPSA) is 85.2 Å². The first kappa shape index (κ1) is 16.5. The van der Waals surface area contributed by atoms with Crippen LogP contribution in [0.5, 0.6) is 0 Å². The van der Waals surface area contributed by atoms with Crippen LogP contribution in [-0.4, -0.2) is 35.8 Å². The summed E-state index contributed by atoms with van der Waals surface area (Å²) in [6, 6.07) is 18.3. The van der Waals surface area contributed by atoms with Crippen LogP contribution in [0.15, 0.2) is 54.6 Å². The lowest BCUT2D eigenvalue weighted by molar-refractivity contribution is -0.142. The number of carbonyl (C=O) groups is 2. The molecule has 1 heterocycles. The van der Waals surface area contributed by atoms with E-state index in [1.165, 1.54) is 0 Å². The second kappa shape index (κ2) is 7.49. The Kier molecular flexibility index (Phi) is 4.95. The summed E-state index contributed by atoms with van der Waals surface area (Å²) in [4.78, 5) is 26.0. The largest absolute Gasteiger partial charge is 0.380 e. The molecule has 1 aliphatic heterocycles. The third kappa shape index (κ3) is 4.15. The number of para-hydroxylation sites is 1. The average molecular weight is 334 g/mol. The highest BCUT2D eigenvalue weighted by atomic mass is 16.2. The van der Waals surface area contributed by atoms with Gasteiger partial charge in [-0.2, -0.15) is 5.26 Å². The van der Waals surface area contributed by atoms with Crippen molar-refractivity contribution in [3.63, 3.8) is 0 Å². The van der Waals surface area contributed by atoms with Crippen molar-refractivity contribution in [2.24, 2.45) is 0 Å². The molecule has 3 rings (SSSR count). The molecular formula is C19H18N4O2. The normalized spacial score (nSPS) is 16.1. The highest BCUT2D eigenvalue weighted by Gasteiger charge is 2.30. The van der Waals surface area contributed by atoms with E-state index in [1.54, 1.807) is 29.2 Å². The molecule has 2 amide bonds. The van der Waals surface area contributed by atoms with E-state index in [-0.39, 0.29) is 6.04 Å². The Morgan fingerprint density at radius 3 is 2.44 bits per heavy atom. The fraction of sp³-hybridized carbons (Fsp3) is 0.211. The van der Waals surface area contributed by atoms with Crippen LogP contribution in [0.1, 0.15) is 12.0 Å². The van der Waals surface area contributed by atoms with E-state index in [2.05, 4.69) is 10.6 Å². The first-order valence-corrected chi connectivity index (χ1v) is 8.08. The minimum Gasteiger partial charge on any atom is -0.380 e. The monoisotopic (exact) mass is 334 g/mol. The SMILES string of the molecule is N#Cc1ccc(NC(=O)C(=O)N2CCC(Nc3ccccc3)C2)cc1. The molecule has 2 N–H and O–H groups in total. The van der Waals surface area contributed by atoms with Crippen molar-refractivity contribution in [1.29, 1.82) is 5.26 Å². The fourth-order valence-corrected chi connectivity index (χ4v) is 2.79. The Morgan fingerprint density at radius 1 is 1.04 bits per heavy atom. The fourth-order valence-electron chi connectivity index (χ4n) is 2.79. The van der Waals surface area contributed by atoms with E-state index in [0.29, 0.717) is 24.3 Å². The van der Waals surface area contributed by atoms with Crippen molar-refractivity contribution in [2.45, 2.75) is 12.5 Å². The third-order valence-corrected chi connectivity index (χ3v) is 4.09. The molecule has 0 aromatic heterocycles. The number of benzene rings is 2. The van der Waals surface area contributed by atoms with Crippen LogP contribution in [0.3, 0.4) is 0 Å². The number of amides is 2. The van der Waals surface area contributed by atoms with Gasteiger partial charge in [0.25, 0.3) is 0 Å². The van der Waals surface area contributed by atoms with Crippen LogP contribution in [-0.2, 0) is 9.59 Å². The summed E-state index contributed by atoms with van der Waals surface area (Å²) in [6.45, 7) is 1.04. The summed E-state index contributed by atoms with van der Waals surface area (Å²) in [6.07, 6.45) is 0.796. The van der Waals surface area contributed by atoms with Gasteiger partial charge in [0.1, 0.15) is 0 Å². The van der Waals surface area contributed by atoms with Gasteiger partial charge in [-0.1, -0.05) is 18.2 Å². The van der Waals surface area contributed by atoms with Crippen LogP contribution >= 0.6 is 0 Å². The van der Waals surface area contributed by atoms with Gasteiger partial charge >= 0.3 is 11.8 Å². The molecule has 126 valence electrons. The first-order valence-electron chi connectivity index (χ1n) is 8.08. The number of nitriles is 1. The Labute approximate surface area is 146 Å². The van der Waals surface area contributed by atoms with Gasteiger partial charge in [0.15, 0.2) is 0 Å². The lowest BCUT2D eigenvalue weighted by Gasteiger charge is -2.17. The zero-order valence-electron chi connectivity index (χ0n) is 13.6. The molecule has 25 heavy (non-hydrogen) atoms. The number of likely N-dealkylation sites (tertiary alicyclic amines) is 1. The maximum absolute atomic E-state index is 12.3. The number of nitrogens with one attached hydrogen (secondary N) is 2. The number of anilines is 2. The van der Waals surface area contributed by atoms with E-state index < -0.39 is 11.8 Å². The van der Waals surface area contributed by atoms with Gasteiger partial charge in [0, 0.05) is 30.5 Å². The predicted octanol–water partition coefficient (Wildman–Crippen LogP) is 2.21. The zero-order chi connectivity index (χ0) is 17.6. The van der Waals surface area contributed by atoms with Gasteiger partial charge in [0.2, 0.25) is 0 Å². The van der Waals surface area contributed by atoms with Gasteiger partial charge in [0.05, 0.1) is 11.6 Å². The van der Waals surface area contributed by atoms with E-state index in [0.717, 1.165) is 12.1 Å². The Hall–Kier alpha value is -3.33. The minimum atomic E-state index is -0.662. The van der Waals surface area contributed by atoms with Crippen LogP contribution in [0.2, 0.25) is 0 Å². The Bertz CT molecular complexity index is 796. The molecule has 1 unspecified atom stereocenters. The van der Waals surface area contributed by atoms with Gasteiger partial charge in [-0.15, -0.1) is 0 Å². The molecule has 0 radical (unpaired) electrons. The molecule has 2 aromatic carbocycles. The third-order valence-electron chi connectivity index (χ3n) is 4.09. The maximum atomic E-state index is 12.3. The molecule has 6 nitrogen and oxygen atoms in total. The summed E-state index contributed by atoms with van der Waals surface area (Å²) in [5.74, 6) is -1.20. The zero-order valence-corrected chi connectivity index (χ0v) is 13.6. The van der Waals surface area contributed by atoms with Crippen LogP contribution in [0.4, 0.5) is 11.4 Å². The Balaban J connectivity index is 1.54. The molecule has 0 aliphatic carbocycles. The first-order chi connectivity index (χ1) is 12.2. The minimum absolute atomic E-state index is 0.133. The smallest absolute Gasteiger partial charge is 0.313 e. The second-order valence-corrected chi connectivity index (χ2v) is 5.89. The molecule has 1 atom stereocenters. The van der Waals surface area contributed by atoms with Crippen molar-refractivity contribution in [3.05, 3.63) is 60.2 Å². The highest BCUT2D eigenvalue weighted by Crippen LogP contribution is 2.16. The molecule has 0 bridgehead atoms. The summed E-state index contributed by atoms with van der Waals surface area (Å²) in [5, 5.41) is 14.7. The average Bonchev–Trinajstić information content (AvgIpc) is 3.11. The number of rotatable bonds is 3. The van der Waals surface area contributed by atoms with E-state index in [1.807, 2.05) is 36.4 Å². The van der Waals surface area contributed by atoms with Crippen molar-refractivity contribution in [1.82, 2.24) is 4.90 Å². The molecule has 1 saturated heterocycles. The summed E-state index contributed by atoms with van der Waals surface area (Å²) in [7, 11) is 0. The number of hydrogen-bond acceptors (Lipinski definition) is 4. The van der Waals surface area contributed by atoms with Crippen LogP contribution in [0.25, 0.3) is 0 Å². The standard InChI is InChI=1S/C19H18N4O2/c20-12-14-6-8-16(9-7-14)22-18(24)19(25)23-11-10-17(13-23)21-15-4-2-1-3-5-15/h1-9,17,21H,10-11,13H2,(H,22,24). The molecule has 0 spiro atoms.